The number of imide groups is 2. The topological polar surface area (TPSA) is 79.0 Å². The molecule has 0 bridgehead atoms. The molecule has 1 N–H and O–H groups in total. The second-order valence-corrected chi connectivity index (χ2v) is 7.99. The summed E-state index contributed by atoms with van der Waals surface area (Å²) in [6.45, 7) is 4.96. The van der Waals surface area contributed by atoms with Gasteiger partial charge in [-0.2, -0.15) is 0 Å². The van der Waals surface area contributed by atoms with E-state index in [1.807, 2.05) is 25.1 Å². The van der Waals surface area contributed by atoms with E-state index in [9.17, 15) is 14.4 Å². The highest BCUT2D eigenvalue weighted by Gasteiger charge is 2.36. The van der Waals surface area contributed by atoms with E-state index >= 15 is 0 Å². The zero-order chi connectivity index (χ0) is 21.3. The number of aryl methyl sites for hydroxylation is 1. The largest absolute Gasteiger partial charge is 0.378 e. The quantitative estimate of drug-likeness (QED) is 0.551. The Labute approximate surface area is 182 Å². The van der Waals surface area contributed by atoms with Crippen LogP contribution in [0.15, 0.2) is 52.5 Å². The number of amides is 4. The Morgan fingerprint density at radius 2 is 1.80 bits per heavy atom. The number of barbiturate groups is 1. The first-order valence-electron chi connectivity index (χ1n) is 9.54. The van der Waals surface area contributed by atoms with E-state index in [4.69, 9.17) is 4.74 Å². The van der Waals surface area contributed by atoms with Crippen LogP contribution in [0.3, 0.4) is 0 Å². The third-order valence-corrected chi connectivity index (χ3v) is 5.59. The molecule has 0 spiro atoms. The van der Waals surface area contributed by atoms with Crippen LogP contribution in [0.4, 0.5) is 16.2 Å². The van der Waals surface area contributed by atoms with Crippen molar-refractivity contribution < 1.29 is 19.1 Å². The van der Waals surface area contributed by atoms with E-state index in [1.54, 1.807) is 24.3 Å². The number of halogens is 1. The number of nitrogens with one attached hydrogen (secondary N) is 1. The highest BCUT2D eigenvalue weighted by atomic mass is 79.9. The van der Waals surface area contributed by atoms with Gasteiger partial charge in [-0.15, -0.1) is 0 Å². The van der Waals surface area contributed by atoms with Gasteiger partial charge in [-0.3, -0.25) is 14.9 Å². The summed E-state index contributed by atoms with van der Waals surface area (Å²) in [5.74, 6) is -1.36. The molecule has 0 unspecified atom stereocenters. The molecule has 2 aromatic carbocycles. The Morgan fingerprint density at radius 3 is 2.50 bits per heavy atom. The van der Waals surface area contributed by atoms with Crippen LogP contribution in [0.5, 0.6) is 0 Å². The highest BCUT2D eigenvalue weighted by Crippen LogP contribution is 2.26. The molecule has 154 valence electrons. The summed E-state index contributed by atoms with van der Waals surface area (Å²) in [4.78, 5) is 41.0. The Hall–Kier alpha value is -2.97. The SMILES string of the molecule is Cc1cc(N2CCOCC2)ccc1/C=C1\C(=O)NC(=O)N(c2cccc(Br)c2)C1=O. The van der Waals surface area contributed by atoms with Crippen LogP contribution in [-0.2, 0) is 14.3 Å². The second-order valence-electron chi connectivity index (χ2n) is 7.08. The average molecular weight is 470 g/mol. The molecular weight excluding hydrogens is 450 g/mol. The summed E-state index contributed by atoms with van der Waals surface area (Å²) in [7, 11) is 0. The molecule has 2 fully saturated rings. The van der Waals surface area contributed by atoms with Crippen molar-refractivity contribution in [2.45, 2.75) is 6.92 Å². The number of hydrogen-bond acceptors (Lipinski definition) is 5. The average Bonchev–Trinajstić information content (AvgIpc) is 2.72. The number of nitrogens with zero attached hydrogens (tertiary/aromatic N) is 2. The van der Waals surface area contributed by atoms with Crippen LogP contribution in [-0.4, -0.2) is 44.1 Å². The lowest BCUT2D eigenvalue weighted by Gasteiger charge is -2.29. The predicted molar refractivity (Wildman–Crippen MR) is 117 cm³/mol. The van der Waals surface area contributed by atoms with Crippen molar-refractivity contribution in [1.29, 1.82) is 0 Å². The lowest BCUT2D eigenvalue weighted by Crippen LogP contribution is -2.54. The van der Waals surface area contributed by atoms with Gasteiger partial charge >= 0.3 is 6.03 Å². The highest BCUT2D eigenvalue weighted by molar-refractivity contribution is 9.10. The summed E-state index contributed by atoms with van der Waals surface area (Å²) in [6, 6.07) is 11.9. The smallest absolute Gasteiger partial charge is 0.335 e. The number of morpholine rings is 1. The van der Waals surface area contributed by atoms with Gasteiger partial charge in [-0.05, 0) is 54.5 Å². The van der Waals surface area contributed by atoms with Crippen LogP contribution in [0.1, 0.15) is 11.1 Å². The maximum atomic E-state index is 13.0. The molecule has 2 aliphatic heterocycles. The zero-order valence-electron chi connectivity index (χ0n) is 16.4. The third kappa shape index (κ3) is 4.01. The standard InChI is InChI=1S/C22H20BrN3O4/c1-14-11-17(25-7-9-30-10-8-25)6-5-15(14)12-19-20(27)24-22(29)26(21(19)28)18-4-2-3-16(23)13-18/h2-6,11-13H,7-10H2,1H3,(H,24,27,29)/b19-12+. The van der Waals surface area contributed by atoms with Gasteiger partial charge in [0.2, 0.25) is 0 Å². The molecule has 2 saturated heterocycles. The Kier molecular flexibility index (Phi) is 5.69. The van der Waals surface area contributed by atoms with Gasteiger partial charge in [0.1, 0.15) is 5.57 Å². The van der Waals surface area contributed by atoms with Crippen LogP contribution >= 0.6 is 15.9 Å². The van der Waals surface area contributed by atoms with E-state index in [0.29, 0.717) is 18.9 Å². The number of carbonyl (C=O) groups excluding carboxylic acids is 3. The number of anilines is 2. The second kappa shape index (κ2) is 8.41. The van der Waals surface area contributed by atoms with Gasteiger partial charge < -0.3 is 9.64 Å². The molecule has 4 amide bonds. The number of urea groups is 1. The summed E-state index contributed by atoms with van der Waals surface area (Å²) in [6.07, 6.45) is 1.54. The summed E-state index contributed by atoms with van der Waals surface area (Å²) in [5, 5.41) is 2.25. The molecule has 0 atom stereocenters. The Balaban J connectivity index is 1.65. The molecule has 2 aromatic rings. The van der Waals surface area contributed by atoms with Gasteiger partial charge in [0.15, 0.2) is 0 Å². The lowest BCUT2D eigenvalue weighted by molar-refractivity contribution is -0.122. The summed E-state index contributed by atoms with van der Waals surface area (Å²) in [5.41, 5.74) is 3.04. The van der Waals surface area contributed by atoms with Crippen LogP contribution in [0, 0.1) is 6.92 Å². The molecule has 4 rings (SSSR count). The molecule has 0 aromatic heterocycles. The van der Waals surface area contributed by atoms with Crippen molar-refractivity contribution in [3.05, 3.63) is 63.6 Å². The van der Waals surface area contributed by atoms with Gasteiger partial charge in [0, 0.05) is 23.2 Å². The first-order chi connectivity index (χ1) is 14.4. The van der Waals surface area contributed by atoms with Gasteiger partial charge in [0.05, 0.1) is 18.9 Å². The number of rotatable bonds is 3. The maximum absolute atomic E-state index is 13.0. The van der Waals surface area contributed by atoms with Gasteiger partial charge in [-0.25, -0.2) is 9.69 Å². The van der Waals surface area contributed by atoms with Crippen LogP contribution in [0.25, 0.3) is 6.08 Å². The van der Waals surface area contributed by atoms with Gasteiger partial charge in [0.25, 0.3) is 11.8 Å². The number of hydrogen-bond donors (Lipinski definition) is 1. The van der Waals surface area contributed by atoms with E-state index in [-0.39, 0.29) is 5.57 Å². The van der Waals surface area contributed by atoms with Crippen molar-refractivity contribution in [3.8, 4) is 0 Å². The van der Waals surface area contributed by atoms with Crippen LogP contribution < -0.4 is 15.1 Å². The number of carbonyl (C=O) groups is 3. The molecule has 7 nitrogen and oxygen atoms in total. The molecule has 0 saturated carbocycles. The molecular formula is C22H20BrN3O4. The van der Waals surface area contributed by atoms with E-state index in [1.165, 1.54) is 6.08 Å². The fraction of sp³-hybridized carbons (Fsp3) is 0.227. The number of benzene rings is 2. The maximum Gasteiger partial charge on any atom is 0.335 e. The lowest BCUT2D eigenvalue weighted by atomic mass is 10.0. The zero-order valence-corrected chi connectivity index (χ0v) is 17.9. The molecule has 0 radical (unpaired) electrons. The van der Waals surface area contributed by atoms with Crippen molar-refractivity contribution in [1.82, 2.24) is 5.32 Å². The number of ether oxygens (including phenoxy) is 1. The minimum absolute atomic E-state index is 0.0863. The predicted octanol–water partition coefficient (Wildman–Crippen LogP) is 3.26. The summed E-state index contributed by atoms with van der Waals surface area (Å²) < 4.78 is 6.11. The Morgan fingerprint density at radius 1 is 1.03 bits per heavy atom. The minimum atomic E-state index is -0.764. The molecule has 30 heavy (non-hydrogen) atoms. The Bertz CT molecular complexity index is 1060. The van der Waals surface area contributed by atoms with Gasteiger partial charge in [-0.1, -0.05) is 28.1 Å². The molecule has 0 aliphatic carbocycles. The van der Waals surface area contributed by atoms with E-state index in [2.05, 4.69) is 26.1 Å². The first-order valence-corrected chi connectivity index (χ1v) is 10.3. The van der Waals surface area contributed by atoms with Crippen molar-refractivity contribution in [2.75, 3.05) is 36.1 Å². The first kappa shape index (κ1) is 20.3. The normalized spacial score (nSPS) is 18.7. The monoisotopic (exact) mass is 469 g/mol. The van der Waals surface area contributed by atoms with Crippen molar-refractivity contribution >= 4 is 51.2 Å². The van der Waals surface area contributed by atoms with E-state index < -0.39 is 17.8 Å². The third-order valence-electron chi connectivity index (χ3n) is 5.10. The molecule has 2 heterocycles. The van der Waals surface area contributed by atoms with Crippen molar-refractivity contribution in [2.24, 2.45) is 0 Å². The summed E-state index contributed by atoms with van der Waals surface area (Å²) >= 11 is 3.34. The van der Waals surface area contributed by atoms with Crippen LogP contribution in [0.2, 0.25) is 0 Å². The fourth-order valence-electron chi connectivity index (χ4n) is 3.50. The fourth-order valence-corrected chi connectivity index (χ4v) is 3.89. The minimum Gasteiger partial charge on any atom is -0.378 e. The van der Waals surface area contributed by atoms with E-state index in [0.717, 1.165) is 39.3 Å². The van der Waals surface area contributed by atoms with Crippen molar-refractivity contribution in [3.63, 3.8) is 0 Å². The molecule has 8 heteroatoms. The molecule has 2 aliphatic rings.